The Morgan fingerprint density at radius 2 is 2.14 bits per heavy atom. The smallest absolute Gasteiger partial charge is 0.205 e. The van der Waals surface area contributed by atoms with E-state index in [1.165, 1.54) is 6.07 Å². The predicted molar refractivity (Wildman–Crippen MR) is 74.0 cm³/mol. The third-order valence-electron chi connectivity index (χ3n) is 3.73. The molecule has 0 saturated heterocycles. The zero-order valence-electron chi connectivity index (χ0n) is 11.1. The molecule has 0 aromatic heterocycles. The first-order chi connectivity index (χ1) is 10.1. The van der Waals surface area contributed by atoms with Gasteiger partial charge in [0.05, 0.1) is 18.1 Å². The number of ether oxygens (including phenoxy) is 1. The third kappa shape index (κ3) is 2.15. The van der Waals surface area contributed by atoms with E-state index in [1.807, 2.05) is 6.07 Å². The Hall–Kier alpha value is -2.74. The summed E-state index contributed by atoms with van der Waals surface area (Å²) in [5, 5.41) is 19.0. The largest absolute Gasteiger partial charge is 0.512 e. The molecule has 5 heteroatoms. The molecule has 0 saturated carbocycles. The maximum atomic E-state index is 14.1. The Morgan fingerprint density at radius 3 is 2.86 bits per heavy atom. The summed E-state index contributed by atoms with van der Waals surface area (Å²) in [5.41, 5.74) is 7.16. The summed E-state index contributed by atoms with van der Waals surface area (Å²) in [5.74, 6) is -0.298. The molecule has 1 aliphatic carbocycles. The van der Waals surface area contributed by atoms with Crippen LogP contribution in [-0.2, 0) is 4.74 Å². The van der Waals surface area contributed by atoms with Gasteiger partial charge < -0.3 is 15.6 Å². The van der Waals surface area contributed by atoms with Crippen molar-refractivity contribution in [3.63, 3.8) is 0 Å². The molecule has 3 N–H and O–H groups in total. The van der Waals surface area contributed by atoms with Crippen LogP contribution in [0.2, 0.25) is 0 Å². The summed E-state index contributed by atoms with van der Waals surface area (Å²) in [6.45, 7) is 0. The number of hydrogen-bond acceptors (Lipinski definition) is 4. The van der Waals surface area contributed by atoms with E-state index in [0.29, 0.717) is 17.7 Å². The van der Waals surface area contributed by atoms with Crippen molar-refractivity contribution in [1.82, 2.24) is 0 Å². The molecule has 0 spiro atoms. The molecule has 1 aromatic carbocycles. The summed E-state index contributed by atoms with van der Waals surface area (Å²) in [6, 6.07) is 8.32. The number of benzene rings is 1. The Balaban J connectivity index is 2.15. The van der Waals surface area contributed by atoms with Gasteiger partial charge in [-0.05, 0) is 24.1 Å². The summed E-state index contributed by atoms with van der Waals surface area (Å²) in [4.78, 5) is 0. The average molecular weight is 284 g/mol. The topological polar surface area (TPSA) is 79.3 Å². The van der Waals surface area contributed by atoms with Gasteiger partial charge in [0.2, 0.25) is 5.88 Å². The Morgan fingerprint density at radius 1 is 1.38 bits per heavy atom. The quantitative estimate of drug-likeness (QED) is 0.830. The van der Waals surface area contributed by atoms with Gasteiger partial charge in [-0.25, -0.2) is 4.39 Å². The number of nitrogens with zero attached hydrogens (tertiary/aromatic N) is 1. The van der Waals surface area contributed by atoms with Crippen molar-refractivity contribution in [2.45, 2.75) is 18.8 Å². The molecule has 4 nitrogen and oxygen atoms in total. The number of allylic oxidation sites excluding steroid dienone is 3. The molecule has 106 valence electrons. The van der Waals surface area contributed by atoms with Crippen molar-refractivity contribution in [3.8, 4) is 6.07 Å². The molecule has 0 fully saturated rings. The fourth-order valence-corrected chi connectivity index (χ4v) is 2.75. The van der Waals surface area contributed by atoms with E-state index in [0.717, 1.165) is 5.57 Å². The Kier molecular flexibility index (Phi) is 3.15. The second-order valence-electron chi connectivity index (χ2n) is 4.97. The highest BCUT2D eigenvalue weighted by molar-refractivity contribution is 5.50. The first kappa shape index (κ1) is 13.3. The standard InChI is InChI=1S/C16H13FN2O2/c17-13-4-2-1-3-10(13)15-11-6-5-9(20)7-14(11)21-16(19)12(15)8-18/h1-5,15,20H,6-7,19H2/t15-/m0/s1. The number of hydrogen-bond donors (Lipinski definition) is 2. The molecule has 0 unspecified atom stereocenters. The van der Waals surface area contributed by atoms with E-state index in [4.69, 9.17) is 10.5 Å². The van der Waals surface area contributed by atoms with Crippen molar-refractivity contribution in [2.24, 2.45) is 5.73 Å². The molecule has 1 heterocycles. The monoisotopic (exact) mass is 284 g/mol. The van der Waals surface area contributed by atoms with Crippen LogP contribution < -0.4 is 5.73 Å². The van der Waals surface area contributed by atoms with Gasteiger partial charge in [-0.3, -0.25) is 0 Å². The van der Waals surface area contributed by atoms with Crippen LogP contribution in [0.15, 0.2) is 58.9 Å². The molecule has 0 bridgehead atoms. The van der Waals surface area contributed by atoms with Gasteiger partial charge >= 0.3 is 0 Å². The van der Waals surface area contributed by atoms with Crippen LogP contribution in [0, 0.1) is 17.1 Å². The minimum Gasteiger partial charge on any atom is -0.512 e. The number of nitrogens with two attached hydrogens (primary N) is 1. The lowest BCUT2D eigenvalue weighted by atomic mass is 9.79. The predicted octanol–water partition coefficient (Wildman–Crippen LogP) is 3.12. The minimum atomic E-state index is -0.565. The van der Waals surface area contributed by atoms with Crippen molar-refractivity contribution in [1.29, 1.82) is 5.26 Å². The van der Waals surface area contributed by atoms with E-state index < -0.39 is 11.7 Å². The molecule has 2 aliphatic rings. The van der Waals surface area contributed by atoms with E-state index in [9.17, 15) is 14.8 Å². The summed E-state index contributed by atoms with van der Waals surface area (Å²) in [7, 11) is 0. The van der Waals surface area contributed by atoms with Gasteiger partial charge in [0.1, 0.15) is 23.2 Å². The molecule has 1 aliphatic heterocycles. The zero-order chi connectivity index (χ0) is 15.0. The van der Waals surface area contributed by atoms with Crippen LogP contribution in [0.1, 0.15) is 24.3 Å². The molecule has 1 atom stereocenters. The number of aliphatic hydroxyl groups is 1. The highest BCUT2D eigenvalue weighted by Gasteiger charge is 2.35. The maximum absolute atomic E-state index is 14.1. The van der Waals surface area contributed by atoms with Crippen LogP contribution in [0.3, 0.4) is 0 Å². The van der Waals surface area contributed by atoms with Crippen LogP contribution in [0.4, 0.5) is 4.39 Å². The van der Waals surface area contributed by atoms with E-state index in [-0.39, 0.29) is 23.6 Å². The van der Waals surface area contributed by atoms with E-state index in [2.05, 4.69) is 0 Å². The van der Waals surface area contributed by atoms with Gasteiger partial charge in [-0.15, -0.1) is 0 Å². The van der Waals surface area contributed by atoms with Crippen molar-refractivity contribution >= 4 is 0 Å². The number of halogens is 1. The molecule has 1 aromatic rings. The maximum Gasteiger partial charge on any atom is 0.205 e. The van der Waals surface area contributed by atoms with Gasteiger partial charge in [0, 0.05) is 5.56 Å². The normalized spacial score (nSPS) is 21.3. The van der Waals surface area contributed by atoms with Crippen LogP contribution in [0.25, 0.3) is 0 Å². The average Bonchev–Trinajstić information content (AvgIpc) is 2.46. The van der Waals surface area contributed by atoms with Gasteiger partial charge in [-0.2, -0.15) is 5.26 Å². The van der Waals surface area contributed by atoms with Crippen LogP contribution in [-0.4, -0.2) is 5.11 Å². The van der Waals surface area contributed by atoms with E-state index in [1.54, 1.807) is 24.3 Å². The van der Waals surface area contributed by atoms with Gasteiger partial charge in [0.25, 0.3) is 0 Å². The molecular formula is C16H13FN2O2. The minimum absolute atomic E-state index is 0.0285. The second-order valence-corrected chi connectivity index (χ2v) is 4.97. The fraction of sp³-hybridized carbons (Fsp3) is 0.188. The number of rotatable bonds is 1. The fourth-order valence-electron chi connectivity index (χ4n) is 2.75. The second kappa shape index (κ2) is 4.98. The third-order valence-corrected chi connectivity index (χ3v) is 3.73. The van der Waals surface area contributed by atoms with Crippen molar-refractivity contribution in [2.75, 3.05) is 0 Å². The first-order valence-corrected chi connectivity index (χ1v) is 6.53. The Bertz CT molecular complexity index is 741. The summed E-state index contributed by atoms with van der Waals surface area (Å²) < 4.78 is 19.6. The highest BCUT2D eigenvalue weighted by atomic mass is 19.1. The van der Waals surface area contributed by atoms with Crippen molar-refractivity contribution < 1.29 is 14.2 Å². The molecule has 21 heavy (non-hydrogen) atoms. The van der Waals surface area contributed by atoms with Crippen LogP contribution >= 0.6 is 0 Å². The first-order valence-electron chi connectivity index (χ1n) is 6.53. The summed E-state index contributed by atoms with van der Waals surface area (Å²) in [6.07, 6.45) is 2.25. The van der Waals surface area contributed by atoms with E-state index >= 15 is 0 Å². The van der Waals surface area contributed by atoms with Crippen molar-refractivity contribution in [3.05, 3.63) is 70.3 Å². The molecule has 3 rings (SSSR count). The SMILES string of the molecule is N#CC1=C(N)OC2=C(CC=C(O)C2)[C@@H]1c1ccccc1F. The molecule has 0 radical (unpaired) electrons. The van der Waals surface area contributed by atoms with Gasteiger partial charge in [0.15, 0.2) is 0 Å². The highest BCUT2D eigenvalue weighted by Crippen LogP contribution is 2.44. The molecular weight excluding hydrogens is 271 g/mol. The van der Waals surface area contributed by atoms with Crippen LogP contribution in [0.5, 0.6) is 0 Å². The lowest BCUT2D eigenvalue weighted by Crippen LogP contribution is -2.23. The van der Waals surface area contributed by atoms with Gasteiger partial charge in [-0.1, -0.05) is 18.2 Å². The molecule has 0 amide bonds. The lowest BCUT2D eigenvalue weighted by molar-refractivity contribution is 0.248. The number of aliphatic hydroxyl groups excluding tert-OH is 1. The lowest BCUT2D eigenvalue weighted by Gasteiger charge is -2.30. The number of nitriles is 1. The Labute approximate surface area is 121 Å². The zero-order valence-corrected chi connectivity index (χ0v) is 11.1. The summed E-state index contributed by atoms with van der Waals surface area (Å²) >= 11 is 0.